The van der Waals surface area contributed by atoms with Gasteiger partial charge in [-0.25, -0.2) is 0 Å². The van der Waals surface area contributed by atoms with Crippen LogP contribution in [0.3, 0.4) is 0 Å². The van der Waals surface area contributed by atoms with Crippen molar-refractivity contribution in [2.75, 3.05) is 26.8 Å². The van der Waals surface area contributed by atoms with Crippen LogP contribution in [-0.4, -0.2) is 31.8 Å². The van der Waals surface area contributed by atoms with Crippen LogP contribution in [0.2, 0.25) is 0 Å². The second-order valence-electron chi connectivity index (χ2n) is 4.40. The number of hydrogen-bond acceptors (Lipinski definition) is 3. The summed E-state index contributed by atoms with van der Waals surface area (Å²) < 4.78 is 4.97. The van der Waals surface area contributed by atoms with E-state index in [9.17, 15) is 0 Å². The van der Waals surface area contributed by atoms with E-state index in [-0.39, 0.29) is 0 Å². The number of methoxy groups -OCH3 is 1. The zero-order valence-corrected chi connectivity index (χ0v) is 11.3. The quantitative estimate of drug-likeness (QED) is 0.773. The normalized spacial score (nSPS) is 11.4. The average Bonchev–Trinajstić information content (AvgIpc) is 2.46. The summed E-state index contributed by atoms with van der Waals surface area (Å²) in [5.41, 5.74) is 2.19. The lowest BCUT2D eigenvalue weighted by Crippen LogP contribution is -2.19. The van der Waals surface area contributed by atoms with Crippen molar-refractivity contribution in [2.45, 2.75) is 6.42 Å². The Kier molecular flexibility index (Phi) is 5.53. The van der Waals surface area contributed by atoms with Crippen molar-refractivity contribution < 1.29 is 4.74 Å². The molecule has 0 aliphatic carbocycles. The summed E-state index contributed by atoms with van der Waals surface area (Å²) in [4.78, 5) is 4.44. The molecular formula is C16H20N2O. The zero-order valence-electron chi connectivity index (χ0n) is 11.3. The minimum Gasteiger partial charge on any atom is -0.383 e. The van der Waals surface area contributed by atoms with Crippen molar-refractivity contribution >= 4 is 17.0 Å². The first-order valence-corrected chi connectivity index (χ1v) is 6.61. The largest absolute Gasteiger partial charge is 0.383 e. The lowest BCUT2D eigenvalue weighted by Gasteiger charge is -2.01. The fraction of sp³-hybridized carbons (Fsp3) is 0.312. The summed E-state index contributed by atoms with van der Waals surface area (Å²) in [6.45, 7) is 2.64. The number of nitrogens with zero attached hydrogens (tertiary/aromatic N) is 1. The standard InChI is InChI=1S/C16H20N2O/c1-19-11-10-17-9-5-4-6-14-12-15-7-2-3-8-16(15)18-13-14/h2-4,6-8,12-13,17H,5,9-11H2,1H3. The highest BCUT2D eigenvalue weighted by atomic mass is 16.5. The van der Waals surface area contributed by atoms with Gasteiger partial charge in [0.2, 0.25) is 0 Å². The van der Waals surface area contributed by atoms with Crippen LogP contribution in [0.25, 0.3) is 17.0 Å². The number of ether oxygens (including phenoxy) is 1. The molecule has 0 fully saturated rings. The summed E-state index contributed by atoms with van der Waals surface area (Å²) in [5, 5.41) is 4.49. The third-order valence-corrected chi connectivity index (χ3v) is 2.89. The van der Waals surface area contributed by atoms with Gasteiger partial charge in [0.15, 0.2) is 0 Å². The Bertz CT molecular complexity index is 537. The molecule has 0 atom stereocenters. The molecule has 1 heterocycles. The summed E-state index contributed by atoms with van der Waals surface area (Å²) in [6, 6.07) is 10.3. The average molecular weight is 256 g/mol. The summed E-state index contributed by atoms with van der Waals surface area (Å²) >= 11 is 0. The van der Waals surface area contributed by atoms with Gasteiger partial charge in [-0.05, 0) is 30.7 Å². The van der Waals surface area contributed by atoms with E-state index in [4.69, 9.17) is 4.74 Å². The van der Waals surface area contributed by atoms with E-state index in [1.807, 2.05) is 24.4 Å². The third-order valence-electron chi connectivity index (χ3n) is 2.89. The Morgan fingerprint density at radius 3 is 3.05 bits per heavy atom. The maximum absolute atomic E-state index is 4.97. The Hall–Kier alpha value is -1.71. The van der Waals surface area contributed by atoms with E-state index < -0.39 is 0 Å². The number of para-hydroxylation sites is 1. The lowest BCUT2D eigenvalue weighted by molar-refractivity contribution is 0.199. The fourth-order valence-corrected chi connectivity index (χ4v) is 1.88. The third kappa shape index (κ3) is 4.47. The Morgan fingerprint density at radius 1 is 1.26 bits per heavy atom. The molecule has 1 aromatic heterocycles. The zero-order chi connectivity index (χ0) is 13.3. The molecule has 0 saturated carbocycles. The monoisotopic (exact) mass is 256 g/mol. The molecule has 0 radical (unpaired) electrons. The predicted octanol–water partition coefficient (Wildman–Crippen LogP) is 2.87. The van der Waals surface area contributed by atoms with Crippen LogP contribution in [-0.2, 0) is 4.74 Å². The molecular weight excluding hydrogens is 236 g/mol. The highest BCUT2D eigenvalue weighted by molar-refractivity contribution is 5.80. The summed E-state index contributed by atoms with van der Waals surface area (Å²) in [7, 11) is 1.72. The van der Waals surface area contributed by atoms with Crippen LogP contribution in [0.15, 0.2) is 42.6 Å². The van der Waals surface area contributed by atoms with Gasteiger partial charge in [-0.1, -0.05) is 30.4 Å². The smallest absolute Gasteiger partial charge is 0.0702 e. The van der Waals surface area contributed by atoms with Gasteiger partial charge < -0.3 is 10.1 Å². The minimum absolute atomic E-state index is 0.762. The number of nitrogens with one attached hydrogen (secondary N) is 1. The van der Waals surface area contributed by atoms with E-state index >= 15 is 0 Å². The van der Waals surface area contributed by atoms with Crippen molar-refractivity contribution in [1.29, 1.82) is 0 Å². The van der Waals surface area contributed by atoms with Gasteiger partial charge in [0.1, 0.15) is 0 Å². The molecule has 1 N–H and O–H groups in total. The molecule has 0 aliphatic heterocycles. The summed E-state index contributed by atoms with van der Waals surface area (Å²) in [6.07, 6.45) is 7.22. The van der Waals surface area contributed by atoms with Crippen LogP contribution < -0.4 is 5.32 Å². The van der Waals surface area contributed by atoms with E-state index in [0.29, 0.717) is 0 Å². The van der Waals surface area contributed by atoms with E-state index in [1.165, 1.54) is 5.39 Å². The van der Waals surface area contributed by atoms with Gasteiger partial charge in [0.25, 0.3) is 0 Å². The molecule has 100 valence electrons. The van der Waals surface area contributed by atoms with E-state index in [1.54, 1.807) is 7.11 Å². The number of aromatic nitrogens is 1. The molecule has 2 rings (SSSR count). The molecule has 0 aliphatic rings. The first-order chi connectivity index (χ1) is 9.40. The van der Waals surface area contributed by atoms with Crippen molar-refractivity contribution in [2.24, 2.45) is 0 Å². The molecule has 0 amide bonds. The Morgan fingerprint density at radius 2 is 2.16 bits per heavy atom. The van der Waals surface area contributed by atoms with Gasteiger partial charge in [0.05, 0.1) is 12.1 Å². The Balaban J connectivity index is 1.83. The van der Waals surface area contributed by atoms with Crippen LogP contribution in [0.4, 0.5) is 0 Å². The topological polar surface area (TPSA) is 34.1 Å². The van der Waals surface area contributed by atoms with Crippen LogP contribution in [0, 0.1) is 0 Å². The van der Waals surface area contributed by atoms with Crippen LogP contribution in [0.5, 0.6) is 0 Å². The SMILES string of the molecule is COCCNCCC=Cc1cnc2ccccc2c1. The molecule has 19 heavy (non-hydrogen) atoms. The van der Waals surface area contributed by atoms with Crippen molar-refractivity contribution in [3.63, 3.8) is 0 Å². The van der Waals surface area contributed by atoms with Crippen LogP contribution >= 0.6 is 0 Å². The van der Waals surface area contributed by atoms with Crippen LogP contribution in [0.1, 0.15) is 12.0 Å². The highest BCUT2D eigenvalue weighted by Crippen LogP contribution is 2.13. The fourth-order valence-electron chi connectivity index (χ4n) is 1.88. The molecule has 2 aromatic rings. The second kappa shape index (κ2) is 7.67. The summed E-state index contributed by atoms with van der Waals surface area (Å²) in [5.74, 6) is 0. The second-order valence-corrected chi connectivity index (χ2v) is 4.40. The Labute approximate surface area is 114 Å². The number of hydrogen-bond donors (Lipinski definition) is 1. The maximum atomic E-state index is 4.97. The van der Waals surface area contributed by atoms with E-state index in [2.05, 4.69) is 34.6 Å². The van der Waals surface area contributed by atoms with Crippen molar-refractivity contribution in [3.05, 3.63) is 48.2 Å². The first-order valence-electron chi connectivity index (χ1n) is 6.61. The van der Waals surface area contributed by atoms with Gasteiger partial charge in [0, 0.05) is 25.2 Å². The molecule has 3 heteroatoms. The van der Waals surface area contributed by atoms with E-state index in [0.717, 1.165) is 37.2 Å². The molecule has 0 saturated heterocycles. The molecule has 0 bridgehead atoms. The molecule has 0 spiro atoms. The van der Waals surface area contributed by atoms with Gasteiger partial charge in [-0.3, -0.25) is 4.98 Å². The predicted molar refractivity (Wildman–Crippen MR) is 80.1 cm³/mol. The van der Waals surface area contributed by atoms with Gasteiger partial charge in [-0.2, -0.15) is 0 Å². The number of benzene rings is 1. The minimum atomic E-state index is 0.762. The number of pyridine rings is 1. The maximum Gasteiger partial charge on any atom is 0.0702 e. The van der Waals surface area contributed by atoms with Gasteiger partial charge >= 0.3 is 0 Å². The van der Waals surface area contributed by atoms with Crippen molar-refractivity contribution in [3.8, 4) is 0 Å². The van der Waals surface area contributed by atoms with Gasteiger partial charge in [-0.15, -0.1) is 0 Å². The van der Waals surface area contributed by atoms with Crippen molar-refractivity contribution in [1.82, 2.24) is 10.3 Å². The highest BCUT2D eigenvalue weighted by Gasteiger charge is 1.93. The number of fused-ring (bicyclic) bond motifs is 1. The molecule has 1 aromatic carbocycles. The molecule has 3 nitrogen and oxygen atoms in total. The first kappa shape index (κ1) is 13.7. The molecule has 0 unspecified atom stereocenters. The lowest BCUT2D eigenvalue weighted by atomic mass is 10.1. The number of rotatable bonds is 7.